The summed E-state index contributed by atoms with van der Waals surface area (Å²) in [6.45, 7) is 3.47. The Hall–Kier alpha value is -2.23. The number of amides is 1. The molecular weight excluding hydrogens is 315 g/mol. The number of likely N-dealkylation sites (tertiary alicyclic amines) is 1. The highest BCUT2D eigenvalue weighted by Gasteiger charge is 2.37. The highest BCUT2D eigenvalue weighted by molar-refractivity contribution is 6.06. The highest BCUT2D eigenvalue weighted by atomic mass is 19.1. The normalized spacial score (nSPS) is 23.4. The summed E-state index contributed by atoms with van der Waals surface area (Å²) in [5, 5.41) is 0.736. The van der Waals surface area contributed by atoms with Gasteiger partial charge in [0, 0.05) is 30.2 Å². The van der Waals surface area contributed by atoms with Crippen LogP contribution in [0.4, 0.5) is 4.39 Å². The number of pyridine rings is 1. The van der Waals surface area contributed by atoms with Gasteiger partial charge in [0.25, 0.3) is 5.91 Å². The summed E-state index contributed by atoms with van der Waals surface area (Å²) in [5.74, 6) is -0.273. The number of fused-ring (bicyclic) bond motifs is 1. The first-order chi connectivity index (χ1) is 12.1. The quantitative estimate of drug-likeness (QED) is 0.710. The molecule has 1 aliphatic carbocycles. The maximum Gasteiger partial charge on any atom is 0.254 e. The van der Waals surface area contributed by atoms with Crippen LogP contribution in [0.25, 0.3) is 10.9 Å². The standard InChI is InChI=1S/C21H23FN2O/c1-15-12-18(17-7-6-16(22)13-19(17)23-15)20(25)24-11-5-10-21(14-24)8-3-2-4-9-21/h2-3,6-7,12-13H,4-5,8-11,14H2,1H3. The minimum Gasteiger partial charge on any atom is -0.338 e. The predicted molar refractivity (Wildman–Crippen MR) is 97.0 cm³/mol. The average Bonchev–Trinajstić information content (AvgIpc) is 2.60. The van der Waals surface area contributed by atoms with Crippen LogP contribution in [-0.2, 0) is 0 Å². The number of rotatable bonds is 1. The lowest BCUT2D eigenvalue weighted by atomic mass is 9.71. The molecule has 3 nitrogen and oxygen atoms in total. The van der Waals surface area contributed by atoms with Crippen LogP contribution in [0.5, 0.6) is 0 Å². The van der Waals surface area contributed by atoms with Gasteiger partial charge in [0.1, 0.15) is 5.82 Å². The van der Waals surface area contributed by atoms with E-state index in [2.05, 4.69) is 17.1 Å². The molecule has 1 spiro atoms. The number of allylic oxidation sites excluding steroid dienone is 2. The van der Waals surface area contributed by atoms with Crippen LogP contribution in [0.1, 0.15) is 48.2 Å². The number of nitrogens with zero attached hydrogens (tertiary/aromatic N) is 2. The number of halogens is 1. The van der Waals surface area contributed by atoms with Gasteiger partial charge in [0.15, 0.2) is 0 Å². The topological polar surface area (TPSA) is 33.2 Å². The molecule has 1 aliphatic heterocycles. The van der Waals surface area contributed by atoms with Crippen LogP contribution in [0.3, 0.4) is 0 Å². The average molecular weight is 338 g/mol. The lowest BCUT2D eigenvalue weighted by Crippen LogP contribution is -2.46. The molecule has 2 aliphatic rings. The number of benzene rings is 1. The molecule has 1 fully saturated rings. The lowest BCUT2D eigenvalue weighted by Gasteiger charge is -2.44. The van der Waals surface area contributed by atoms with Gasteiger partial charge < -0.3 is 4.90 Å². The molecule has 0 radical (unpaired) electrons. The first-order valence-electron chi connectivity index (χ1n) is 9.08. The maximum absolute atomic E-state index is 13.6. The highest BCUT2D eigenvalue weighted by Crippen LogP contribution is 2.41. The monoisotopic (exact) mass is 338 g/mol. The molecule has 1 atom stereocenters. The van der Waals surface area contributed by atoms with E-state index in [1.165, 1.54) is 18.6 Å². The smallest absolute Gasteiger partial charge is 0.254 e. The van der Waals surface area contributed by atoms with Crippen molar-refractivity contribution in [3.05, 3.63) is 53.5 Å². The number of carbonyl (C=O) groups is 1. The Labute approximate surface area is 147 Å². The third-order valence-electron chi connectivity index (χ3n) is 5.64. The fourth-order valence-electron chi connectivity index (χ4n) is 4.38. The molecule has 1 unspecified atom stereocenters. The van der Waals surface area contributed by atoms with Crippen LogP contribution in [-0.4, -0.2) is 28.9 Å². The van der Waals surface area contributed by atoms with E-state index in [0.29, 0.717) is 11.1 Å². The molecule has 4 heteroatoms. The molecule has 0 bridgehead atoms. The second-order valence-electron chi connectivity index (χ2n) is 7.52. The fourth-order valence-corrected chi connectivity index (χ4v) is 4.38. The summed E-state index contributed by atoms with van der Waals surface area (Å²) in [7, 11) is 0. The first kappa shape index (κ1) is 16.2. The molecule has 1 aromatic heterocycles. The van der Waals surface area contributed by atoms with Crippen LogP contribution in [0.15, 0.2) is 36.4 Å². The minimum atomic E-state index is -0.324. The maximum atomic E-state index is 13.6. The Morgan fingerprint density at radius 1 is 1.24 bits per heavy atom. The summed E-state index contributed by atoms with van der Waals surface area (Å²) in [4.78, 5) is 19.7. The van der Waals surface area contributed by atoms with Gasteiger partial charge in [-0.2, -0.15) is 0 Å². The molecule has 25 heavy (non-hydrogen) atoms. The van der Waals surface area contributed by atoms with Crippen molar-refractivity contribution in [2.45, 2.75) is 39.0 Å². The van der Waals surface area contributed by atoms with E-state index in [9.17, 15) is 9.18 Å². The van der Waals surface area contributed by atoms with Gasteiger partial charge in [-0.1, -0.05) is 12.2 Å². The summed E-state index contributed by atoms with van der Waals surface area (Å²) < 4.78 is 13.6. The van der Waals surface area contributed by atoms with E-state index in [0.717, 1.165) is 49.9 Å². The molecular formula is C21H23FN2O. The van der Waals surface area contributed by atoms with E-state index >= 15 is 0 Å². The van der Waals surface area contributed by atoms with E-state index in [1.807, 2.05) is 17.9 Å². The van der Waals surface area contributed by atoms with Crippen molar-refractivity contribution in [3.63, 3.8) is 0 Å². The van der Waals surface area contributed by atoms with Gasteiger partial charge in [-0.05, 0) is 62.6 Å². The number of hydrogen-bond donors (Lipinski definition) is 0. The largest absolute Gasteiger partial charge is 0.338 e. The Kier molecular flexibility index (Phi) is 4.06. The molecule has 1 aromatic carbocycles. The van der Waals surface area contributed by atoms with Gasteiger partial charge in [-0.15, -0.1) is 0 Å². The molecule has 2 heterocycles. The number of aryl methyl sites for hydroxylation is 1. The first-order valence-corrected chi connectivity index (χ1v) is 9.08. The van der Waals surface area contributed by atoms with E-state index in [4.69, 9.17) is 0 Å². The van der Waals surface area contributed by atoms with Crippen molar-refractivity contribution in [1.29, 1.82) is 0 Å². The number of aromatic nitrogens is 1. The molecule has 0 N–H and O–H groups in total. The summed E-state index contributed by atoms with van der Waals surface area (Å²) in [6, 6.07) is 6.32. The SMILES string of the molecule is Cc1cc(C(=O)N2CCCC3(CC=CCC3)C2)c2ccc(F)cc2n1. The number of carbonyl (C=O) groups excluding carboxylic acids is 1. The fraction of sp³-hybridized carbons (Fsp3) is 0.429. The third kappa shape index (κ3) is 3.06. The molecule has 0 saturated carbocycles. The predicted octanol–water partition coefficient (Wildman–Crippen LogP) is 4.64. The van der Waals surface area contributed by atoms with Crippen LogP contribution >= 0.6 is 0 Å². The van der Waals surface area contributed by atoms with Crippen molar-refractivity contribution in [3.8, 4) is 0 Å². The zero-order valence-electron chi connectivity index (χ0n) is 14.6. The summed E-state index contributed by atoms with van der Waals surface area (Å²) in [5.41, 5.74) is 2.18. The molecule has 130 valence electrons. The minimum absolute atomic E-state index is 0.0516. The second-order valence-corrected chi connectivity index (χ2v) is 7.52. The number of hydrogen-bond acceptors (Lipinski definition) is 2. The van der Waals surface area contributed by atoms with Gasteiger partial charge in [-0.3, -0.25) is 9.78 Å². The van der Waals surface area contributed by atoms with E-state index in [-0.39, 0.29) is 17.1 Å². The van der Waals surface area contributed by atoms with Gasteiger partial charge in [-0.25, -0.2) is 4.39 Å². The van der Waals surface area contributed by atoms with Gasteiger partial charge in [0.05, 0.1) is 11.1 Å². The number of piperidine rings is 1. The van der Waals surface area contributed by atoms with Crippen molar-refractivity contribution in [2.75, 3.05) is 13.1 Å². The van der Waals surface area contributed by atoms with Crippen molar-refractivity contribution in [2.24, 2.45) is 5.41 Å². The summed E-state index contributed by atoms with van der Waals surface area (Å²) in [6.07, 6.45) is 10.1. The third-order valence-corrected chi connectivity index (χ3v) is 5.64. The van der Waals surface area contributed by atoms with Gasteiger partial charge in [0.2, 0.25) is 0 Å². The Morgan fingerprint density at radius 2 is 2.12 bits per heavy atom. The van der Waals surface area contributed by atoms with E-state index < -0.39 is 0 Å². The Morgan fingerprint density at radius 3 is 2.92 bits per heavy atom. The molecule has 2 aromatic rings. The zero-order valence-corrected chi connectivity index (χ0v) is 14.6. The Bertz CT molecular complexity index is 855. The van der Waals surface area contributed by atoms with Gasteiger partial charge >= 0.3 is 0 Å². The van der Waals surface area contributed by atoms with Crippen molar-refractivity contribution >= 4 is 16.8 Å². The van der Waals surface area contributed by atoms with Crippen LogP contribution < -0.4 is 0 Å². The lowest BCUT2D eigenvalue weighted by molar-refractivity contribution is 0.0486. The second kappa shape index (κ2) is 6.25. The molecule has 1 saturated heterocycles. The van der Waals surface area contributed by atoms with Crippen molar-refractivity contribution in [1.82, 2.24) is 9.88 Å². The van der Waals surface area contributed by atoms with Crippen molar-refractivity contribution < 1.29 is 9.18 Å². The van der Waals surface area contributed by atoms with Crippen LogP contribution in [0, 0.1) is 18.2 Å². The van der Waals surface area contributed by atoms with E-state index in [1.54, 1.807) is 6.07 Å². The summed E-state index contributed by atoms with van der Waals surface area (Å²) >= 11 is 0. The molecule has 1 amide bonds. The Balaban J connectivity index is 1.69. The molecule has 4 rings (SSSR count). The van der Waals surface area contributed by atoms with Crippen LogP contribution in [0.2, 0.25) is 0 Å². The zero-order chi connectivity index (χ0) is 17.4.